The zero-order valence-electron chi connectivity index (χ0n) is 11.7. The topological polar surface area (TPSA) is 66.6 Å². The fraction of sp³-hybridized carbons (Fsp3) is 0.533. The van der Waals surface area contributed by atoms with Crippen LogP contribution in [0.15, 0.2) is 11.4 Å². The van der Waals surface area contributed by atoms with Crippen LogP contribution in [-0.2, 0) is 11.3 Å². The highest BCUT2D eigenvalue weighted by Gasteiger charge is 2.38. The number of aliphatic hydroxyl groups excluding tert-OH is 1. The van der Waals surface area contributed by atoms with E-state index < -0.39 is 0 Å². The van der Waals surface area contributed by atoms with Crippen molar-refractivity contribution in [2.45, 2.75) is 26.3 Å². The van der Waals surface area contributed by atoms with Crippen molar-refractivity contribution in [1.29, 1.82) is 0 Å². The van der Waals surface area contributed by atoms with Gasteiger partial charge in [-0.25, -0.2) is 0 Å². The number of aliphatic hydroxyl groups is 1. The Bertz CT molecular complexity index is 544. The third-order valence-corrected chi connectivity index (χ3v) is 4.57. The van der Waals surface area contributed by atoms with Crippen LogP contribution in [0.2, 0.25) is 0 Å². The molecule has 1 unspecified atom stereocenters. The Labute approximate surface area is 123 Å². The highest BCUT2D eigenvalue weighted by atomic mass is 32.1. The number of nitrogens with two attached hydrogens (primary N) is 1. The largest absolute Gasteiger partial charge is 0.395 e. The Hall–Kier alpha value is -1.35. The molecule has 1 saturated heterocycles. The lowest BCUT2D eigenvalue weighted by Gasteiger charge is -2.20. The van der Waals surface area contributed by atoms with E-state index in [2.05, 4.69) is 22.8 Å². The molecule has 108 valence electrons. The molecular weight excluding hydrogens is 272 g/mol. The minimum atomic E-state index is -0.388. The van der Waals surface area contributed by atoms with E-state index in [1.165, 1.54) is 4.88 Å². The number of nitrogens with zero attached hydrogens (tertiary/aromatic N) is 1. The van der Waals surface area contributed by atoms with Gasteiger partial charge in [-0.2, -0.15) is 0 Å². The summed E-state index contributed by atoms with van der Waals surface area (Å²) >= 11 is 1.68. The molecule has 4 nitrogen and oxygen atoms in total. The van der Waals surface area contributed by atoms with E-state index in [1.54, 1.807) is 11.3 Å². The van der Waals surface area contributed by atoms with Crippen molar-refractivity contribution in [3.05, 3.63) is 21.9 Å². The van der Waals surface area contributed by atoms with Gasteiger partial charge in [0.15, 0.2) is 0 Å². The second-order valence-corrected chi connectivity index (χ2v) is 6.46. The van der Waals surface area contributed by atoms with Gasteiger partial charge < -0.3 is 10.8 Å². The molecule has 1 aromatic heterocycles. The Morgan fingerprint density at radius 2 is 2.45 bits per heavy atom. The highest BCUT2D eigenvalue weighted by molar-refractivity contribution is 7.10. The molecule has 0 bridgehead atoms. The average molecular weight is 292 g/mol. The normalized spacial score (nSPS) is 22.5. The van der Waals surface area contributed by atoms with Crippen molar-refractivity contribution in [1.82, 2.24) is 4.90 Å². The molecule has 1 amide bonds. The van der Waals surface area contributed by atoms with Crippen LogP contribution in [-0.4, -0.2) is 35.6 Å². The molecule has 1 atom stereocenters. The third-order valence-electron chi connectivity index (χ3n) is 3.65. The number of hydrogen-bond acceptors (Lipinski definition) is 4. The van der Waals surface area contributed by atoms with E-state index in [0.717, 1.165) is 31.6 Å². The van der Waals surface area contributed by atoms with E-state index in [4.69, 9.17) is 10.8 Å². The first-order chi connectivity index (χ1) is 9.53. The second-order valence-electron chi connectivity index (χ2n) is 5.46. The first kappa shape index (κ1) is 15.0. The van der Waals surface area contributed by atoms with Crippen molar-refractivity contribution >= 4 is 17.2 Å². The number of hydrogen-bond donors (Lipinski definition) is 2. The first-order valence-corrected chi connectivity index (χ1v) is 7.61. The van der Waals surface area contributed by atoms with E-state index in [9.17, 15) is 4.79 Å². The molecule has 0 saturated carbocycles. The monoisotopic (exact) mass is 292 g/mol. The molecule has 0 spiro atoms. The molecule has 0 aromatic carbocycles. The van der Waals surface area contributed by atoms with Crippen LogP contribution in [0, 0.1) is 17.3 Å². The van der Waals surface area contributed by atoms with E-state index in [1.807, 2.05) is 12.3 Å². The zero-order valence-corrected chi connectivity index (χ0v) is 12.5. The molecular formula is C15H20N2O2S. The number of primary amides is 1. The third kappa shape index (κ3) is 3.60. The van der Waals surface area contributed by atoms with Gasteiger partial charge in [0, 0.05) is 35.3 Å². The van der Waals surface area contributed by atoms with Crippen molar-refractivity contribution in [2.75, 3.05) is 19.7 Å². The Morgan fingerprint density at radius 3 is 3.10 bits per heavy atom. The summed E-state index contributed by atoms with van der Waals surface area (Å²) in [6, 6.07) is 2.08. The second kappa shape index (κ2) is 6.40. The SMILES string of the molecule is CC1(C(N)=O)CCN(Cc2cc(C#CCCO)cs2)C1. The number of carbonyl (C=O) groups excluding carboxylic acids is 1. The minimum Gasteiger partial charge on any atom is -0.395 e. The summed E-state index contributed by atoms with van der Waals surface area (Å²) < 4.78 is 0. The molecule has 1 aliphatic heterocycles. The van der Waals surface area contributed by atoms with Gasteiger partial charge in [0.1, 0.15) is 0 Å². The van der Waals surface area contributed by atoms with Gasteiger partial charge in [0.2, 0.25) is 5.91 Å². The Morgan fingerprint density at radius 1 is 1.65 bits per heavy atom. The maximum absolute atomic E-state index is 11.4. The lowest BCUT2D eigenvalue weighted by Crippen LogP contribution is -2.36. The molecule has 3 N–H and O–H groups in total. The Kier molecular flexibility index (Phi) is 4.81. The van der Waals surface area contributed by atoms with E-state index in [0.29, 0.717) is 6.42 Å². The fourth-order valence-corrected chi connectivity index (χ4v) is 3.22. The predicted molar refractivity (Wildman–Crippen MR) is 80.1 cm³/mol. The average Bonchev–Trinajstić information content (AvgIpc) is 2.99. The van der Waals surface area contributed by atoms with Gasteiger partial charge in [0.25, 0.3) is 0 Å². The molecule has 0 aliphatic carbocycles. The van der Waals surface area contributed by atoms with Crippen LogP contribution in [0.1, 0.15) is 30.2 Å². The maximum atomic E-state index is 11.4. The number of rotatable bonds is 4. The zero-order chi connectivity index (χ0) is 14.6. The highest BCUT2D eigenvalue weighted by Crippen LogP contribution is 2.31. The fourth-order valence-electron chi connectivity index (χ4n) is 2.36. The number of likely N-dealkylation sites (tertiary alicyclic amines) is 1. The lowest BCUT2D eigenvalue weighted by atomic mass is 9.89. The molecule has 1 aliphatic rings. The van der Waals surface area contributed by atoms with Crippen LogP contribution >= 0.6 is 11.3 Å². The Balaban J connectivity index is 1.92. The summed E-state index contributed by atoms with van der Waals surface area (Å²) in [5.41, 5.74) is 6.07. The van der Waals surface area contributed by atoms with Gasteiger partial charge in [0.05, 0.1) is 12.0 Å². The number of amides is 1. The summed E-state index contributed by atoms with van der Waals surface area (Å²) in [4.78, 5) is 14.9. The molecule has 2 rings (SSSR count). The standard InChI is InChI=1S/C15H20N2O2S/c1-15(14(16)19)5-6-17(11-15)9-13-8-12(10-20-13)4-2-3-7-18/h8,10,18H,3,5-7,9,11H2,1H3,(H2,16,19). The van der Waals surface area contributed by atoms with Gasteiger partial charge in [-0.1, -0.05) is 11.8 Å². The van der Waals surface area contributed by atoms with E-state index in [-0.39, 0.29) is 17.9 Å². The van der Waals surface area contributed by atoms with E-state index >= 15 is 0 Å². The van der Waals surface area contributed by atoms with Crippen molar-refractivity contribution in [3.8, 4) is 11.8 Å². The molecule has 2 heterocycles. The van der Waals surface area contributed by atoms with Gasteiger partial charge >= 0.3 is 0 Å². The summed E-state index contributed by atoms with van der Waals surface area (Å²) in [5.74, 6) is 5.74. The molecule has 1 aromatic rings. The predicted octanol–water partition coefficient (Wildman–Crippen LogP) is 1.18. The van der Waals surface area contributed by atoms with Gasteiger partial charge in [-0.3, -0.25) is 9.69 Å². The number of carbonyl (C=O) groups is 1. The van der Waals surface area contributed by atoms with Crippen LogP contribution in [0.25, 0.3) is 0 Å². The summed E-state index contributed by atoms with van der Waals surface area (Å²) in [6.07, 6.45) is 1.34. The maximum Gasteiger partial charge on any atom is 0.224 e. The molecule has 0 radical (unpaired) electrons. The van der Waals surface area contributed by atoms with Crippen LogP contribution in [0.3, 0.4) is 0 Å². The minimum absolute atomic E-state index is 0.101. The quantitative estimate of drug-likeness (QED) is 0.819. The lowest BCUT2D eigenvalue weighted by molar-refractivity contribution is -0.126. The smallest absolute Gasteiger partial charge is 0.224 e. The number of thiophene rings is 1. The summed E-state index contributed by atoms with van der Waals surface area (Å²) in [6.45, 7) is 4.52. The first-order valence-electron chi connectivity index (χ1n) is 6.73. The van der Waals surface area contributed by atoms with Crippen molar-refractivity contribution in [3.63, 3.8) is 0 Å². The van der Waals surface area contributed by atoms with Gasteiger partial charge in [-0.05, 0) is 26.0 Å². The van der Waals surface area contributed by atoms with Crippen LogP contribution in [0.5, 0.6) is 0 Å². The van der Waals surface area contributed by atoms with Gasteiger partial charge in [-0.15, -0.1) is 11.3 Å². The van der Waals surface area contributed by atoms with Crippen LogP contribution < -0.4 is 5.73 Å². The molecule has 5 heteroatoms. The van der Waals surface area contributed by atoms with Crippen LogP contribution in [0.4, 0.5) is 0 Å². The summed E-state index contributed by atoms with van der Waals surface area (Å²) in [5, 5.41) is 10.7. The molecule has 1 fully saturated rings. The van der Waals surface area contributed by atoms with Crippen molar-refractivity contribution in [2.24, 2.45) is 11.1 Å². The van der Waals surface area contributed by atoms with Crippen molar-refractivity contribution < 1.29 is 9.90 Å². The summed E-state index contributed by atoms with van der Waals surface area (Å²) in [7, 11) is 0. The molecule has 20 heavy (non-hydrogen) atoms.